The van der Waals surface area contributed by atoms with Crippen molar-refractivity contribution >= 4 is 28.2 Å². The molecule has 2 aromatic rings. The smallest absolute Gasteiger partial charge is 0.360 e. The van der Waals surface area contributed by atoms with Crippen LogP contribution in [0.1, 0.15) is 30.2 Å². The molecule has 0 radical (unpaired) electrons. The van der Waals surface area contributed by atoms with E-state index in [1.165, 1.54) is 35.2 Å². The Bertz CT molecular complexity index is 581. The molecule has 0 unspecified atom stereocenters. The highest BCUT2D eigenvalue weighted by Gasteiger charge is 2.30. The standard InChI is InChI=1S/C13H14F3N3S2/c1-3-17-11-18-19-12(21-11)20-8(2)9-4-6-10(7-5-9)13(14,15)16/h4-8H,3H2,1-2H3,(H,17,18)/t8-/m1/s1. The number of aromatic nitrogens is 2. The minimum atomic E-state index is -4.30. The molecule has 21 heavy (non-hydrogen) atoms. The van der Waals surface area contributed by atoms with E-state index < -0.39 is 11.7 Å². The summed E-state index contributed by atoms with van der Waals surface area (Å²) in [6.45, 7) is 4.67. The largest absolute Gasteiger partial charge is 0.416 e. The molecule has 0 amide bonds. The van der Waals surface area contributed by atoms with Crippen LogP contribution in [-0.2, 0) is 6.18 Å². The van der Waals surface area contributed by atoms with Crippen molar-refractivity contribution in [3.63, 3.8) is 0 Å². The average Bonchev–Trinajstić information content (AvgIpc) is 2.86. The first-order chi connectivity index (χ1) is 9.90. The Morgan fingerprint density at radius 2 is 1.90 bits per heavy atom. The number of thioether (sulfide) groups is 1. The second kappa shape index (κ2) is 6.65. The first-order valence-corrected chi connectivity index (χ1v) is 8.01. The average molecular weight is 333 g/mol. The number of anilines is 1. The second-order valence-corrected chi connectivity index (χ2v) is 6.85. The van der Waals surface area contributed by atoms with Crippen LogP contribution < -0.4 is 5.32 Å². The van der Waals surface area contributed by atoms with Crippen molar-refractivity contribution in [2.24, 2.45) is 0 Å². The molecule has 8 heteroatoms. The number of nitrogens with zero attached hydrogens (tertiary/aromatic N) is 2. The number of halogens is 3. The van der Waals surface area contributed by atoms with Crippen LogP contribution in [0, 0.1) is 0 Å². The van der Waals surface area contributed by atoms with Crippen molar-refractivity contribution in [2.45, 2.75) is 29.6 Å². The van der Waals surface area contributed by atoms with Gasteiger partial charge in [0.2, 0.25) is 5.13 Å². The molecule has 1 N–H and O–H groups in total. The molecule has 2 rings (SSSR count). The maximum atomic E-state index is 12.5. The van der Waals surface area contributed by atoms with Gasteiger partial charge in [0.25, 0.3) is 0 Å². The summed E-state index contributed by atoms with van der Waals surface area (Å²) in [7, 11) is 0. The van der Waals surface area contributed by atoms with Crippen molar-refractivity contribution in [1.82, 2.24) is 10.2 Å². The number of nitrogens with one attached hydrogen (secondary N) is 1. The molecule has 1 aromatic heterocycles. The molecule has 0 bridgehead atoms. The molecule has 1 aromatic carbocycles. The Kier molecular flexibility index (Phi) is 5.10. The van der Waals surface area contributed by atoms with Crippen molar-refractivity contribution in [3.05, 3.63) is 35.4 Å². The second-order valence-electron chi connectivity index (χ2n) is 4.28. The minimum Gasteiger partial charge on any atom is -0.360 e. The number of hydrogen-bond acceptors (Lipinski definition) is 5. The van der Waals surface area contributed by atoms with Crippen molar-refractivity contribution < 1.29 is 13.2 Å². The maximum absolute atomic E-state index is 12.5. The SMILES string of the molecule is CCNc1nnc(S[C@H](C)c2ccc(C(F)(F)F)cc2)s1. The summed E-state index contributed by atoms with van der Waals surface area (Å²) in [5, 5.41) is 11.9. The highest BCUT2D eigenvalue weighted by molar-refractivity contribution is 8.01. The molecule has 0 aliphatic heterocycles. The monoisotopic (exact) mass is 333 g/mol. The molecule has 114 valence electrons. The Balaban J connectivity index is 2.04. The summed E-state index contributed by atoms with van der Waals surface area (Å²) in [4.78, 5) is 0. The van der Waals surface area contributed by atoms with Gasteiger partial charge in [-0.05, 0) is 31.5 Å². The van der Waals surface area contributed by atoms with Gasteiger partial charge >= 0.3 is 6.18 Å². The lowest BCUT2D eigenvalue weighted by Gasteiger charge is -2.11. The summed E-state index contributed by atoms with van der Waals surface area (Å²) < 4.78 is 38.3. The Morgan fingerprint density at radius 3 is 2.48 bits per heavy atom. The fourth-order valence-electron chi connectivity index (χ4n) is 1.64. The molecule has 3 nitrogen and oxygen atoms in total. The summed E-state index contributed by atoms with van der Waals surface area (Å²) in [6, 6.07) is 5.23. The Hall–Kier alpha value is -1.28. The maximum Gasteiger partial charge on any atom is 0.416 e. The van der Waals surface area contributed by atoms with Crippen LogP contribution in [0.2, 0.25) is 0 Å². The van der Waals surface area contributed by atoms with Crippen molar-refractivity contribution in [2.75, 3.05) is 11.9 Å². The Morgan fingerprint density at radius 1 is 1.24 bits per heavy atom. The van der Waals surface area contributed by atoms with Gasteiger partial charge in [-0.15, -0.1) is 10.2 Å². The van der Waals surface area contributed by atoms with E-state index in [1.807, 2.05) is 13.8 Å². The van der Waals surface area contributed by atoms with Gasteiger partial charge in [-0.3, -0.25) is 0 Å². The molecule has 0 spiro atoms. The van der Waals surface area contributed by atoms with Gasteiger partial charge < -0.3 is 5.32 Å². The van der Waals surface area contributed by atoms with Crippen LogP contribution in [-0.4, -0.2) is 16.7 Å². The summed E-state index contributed by atoms with van der Waals surface area (Å²) >= 11 is 2.92. The molecule has 0 saturated carbocycles. The van der Waals surface area contributed by atoms with E-state index in [9.17, 15) is 13.2 Å². The quantitative estimate of drug-likeness (QED) is 0.794. The Labute approximate surface area is 129 Å². The van der Waals surface area contributed by atoms with Crippen molar-refractivity contribution in [3.8, 4) is 0 Å². The van der Waals surface area contributed by atoms with E-state index in [0.29, 0.717) is 0 Å². The summed E-state index contributed by atoms with van der Waals surface area (Å²) in [5.41, 5.74) is 0.196. The predicted octanol–water partition coefficient (Wildman–Crippen LogP) is 4.84. The van der Waals surface area contributed by atoms with E-state index in [1.54, 1.807) is 0 Å². The van der Waals surface area contributed by atoms with E-state index >= 15 is 0 Å². The third-order valence-electron chi connectivity index (χ3n) is 2.72. The van der Waals surface area contributed by atoms with Gasteiger partial charge in [0.05, 0.1) is 5.56 Å². The lowest BCUT2D eigenvalue weighted by atomic mass is 10.1. The molecule has 0 aliphatic rings. The van der Waals surface area contributed by atoms with Gasteiger partial charge in [0.1, 0.15) is 0 Å². The van der Waals surface area contributed by atoms with Crippen LogP contribution in [0.25, 0.3) is 0 Å². The van der Waals surface area contributed by atoms with Crippen LogP contribution in [0.4, 0.5) is 18.3 Å². The zero-order valence-electron chi connectivity index (χ0n) is 11.4. The molecule has 1 heterocycles. The predicted molar refractivity (Wildman–Crippen MR) is 79.8 cm³/mol. The molecule has 0 aliphatic carbocycles. The molecule has 1 atom stereocenters. The van der Waals surface area contributed by atoms with Gasteiger partial charge in [0, 0.05) is 11.8 Å². The van der Waals surface area contributed by atoms with Gasteiger partial charge in [-0.1, -0.05) is 35.2 Å². The van der Waals surface area contributed by atoms with Crippen molar-refractivity contribution in [1.29, 1.82) is 0 Å². The topological polar surface area (TPSA) is 37.8 Å². The highest BCUT2D eigenvalue weighted by atomic mass is 32.2. The molecule has 0 saturated heterocycles. The summed E-state index contributed by atoms with van der Waals surface area (Å²) in [6.07, 6.45) is -4.30. The summed E-state index contributed by atoms with van der Waals surface area (Å²) in [5.74, 6) is 0. The lowest BCUT2D eigenvalue weighted by Crippen LogP contribution is -2.04. The number of rotatable bonds is 5. The lowest BCUT2D eigenvalue weighted by molar-refractivity contribution is -0.137. The van der Waals surface area contributed by atoms with E-state index in [2.05, 4.69) is 15.5 Å². The fourth-order valence-corrected chi connectivity index (χ4v) is 3.73. The van der Waals surface area contributed by atoms with E-state index in [-0.39, 0.29) is 5.25 Å². The number of benzene rings is 1. The molecular formula is C13H14F3N3S2. The molecular weight excluding hydrogens is 319 g/mol. The number of alkyl halides is 3. The van der Waals surface area contributed by atoms with Crippen LogP contribution in [0.15, 0.2) is 28.6 Å². The van der Waals surface area contributed by atoms with Crippen LogP contribution >= 0.6 is 23.1 Å². The first kappa shape index (κ1) is 16.1. The van der Waals surface area contributed by atoms with E-state index in [4.69, 9.17) is 0 Å². The van der Waals surface area contributed by atoms with Gasteiger partial charge in [0.15, 0.2) is 4.34 Å². The fraction of sp³-hybridized carbons (Fsp3) is 0.385. The van der Waals surface area contributed by atoms with Gasteiger partial charge in [-0.2, -0.15) is 13.2 Å². The number of hydrogen-bond donors (Lipinski definition) is 1. The zero-order chi connectivity index (χ0) is 15.5. The van der Waals surface area contributed by atoms with E-state index in [0.717, 1.165) is 33.7 Å². The minimum absolute atomic E-state index is 0.00899. The highest BCUT2D eigenvalue weighted by Crippen LogP contribution is 2.38. The van der Waals surface area contributed by atoms with Gasteiger partial charge in [-0.25, -0.2) is 0 Å². The normalized spacial score (nSPS) is 13.2. The van der Waals surface area contributed by atoms with Crippen LogP contribution in [0.5, 0.6) is 0 Å². The third kappa shape index (κ3) is 4.34. The third-order valence-corrected chi connectivity index (χ3v) is 4.84. The molecule has 0 fully saturated rings. The zero-order valence-corrected chi connectivity index (χ0v) is 13.1. The van der Waals surface area contributed by atoms with Crippen LogP contribution in [0.3, 0.4) is 0 Å². The first-order valence-electron chi connectivity index (χ1n) is 6.31.